The largest absolute Gasteiger partial charge is 0.332 e. The first-order valence-corrected chi connectivity index (χ1v) is 11.9. The Morgan fingerprint density at radius 1 is 1.06 bits per heavy atom. The maximum atomic E-state index is 13.3. The SMILES string of the molecule is CC(C)N(CC(=O)N(Cc1ccc(F)cc1)Cc1cccs1)C(=O)Nc1cccc(Br)c1. The summed E-state index contributed by atoms with van der Waals surface area (Å²) in [6.45, 7) is 4.43. The first kappa shape index (κ1) is 23.9. The summed E-state index contributed by atoms with van der Waals surface area (Å²) in [5, 5.41) is 4.82. The van der Waals surface area contributed by atoms with Gasteiger partial charge in [-0.25, -0.2) is 9.18 Å². The number of benzene rings is 2. The van der Waals surface area contributed by atoms with E-state index < -0.39 is 0 Å². The minimum absolute atomic E-state index is 0.0654. The first-order chi connectivity index (χ1) is 15.3. The first-order valence-electron chi connectivity index (χ1n) is 10.2. The number of urea groups is 1. The van der Waals surface area contributed by atoms with Gasteiger partial charge in [0.25, 0.3) is 0 Å². The minimum Gasteiger partial charge on any atom is -0.332 e. The highest BCUT2D eigenvalue weighted by atomic mass is 79.9. The Hall–Kier alpha value is -2.71. The van der Waals surface area contributed by atoms with Gasteiger partial charge in [-0.2, -0.15) is 0 Å². The van der Waals surface area contributed by atoms with Gasteiger partial charge in [-0.1, -0.05) is 40.2 Å². The van der Waals surface area contributed by atoms with E-state index in [4.69, 9.17) is 0 Å². The molecule has 0 saturated heterocycles. The van der Waals surface area contributed by atoms with Gasteiger partial charge < -0.3 is 15.1 Å². The van der Waals surface area contributed by atoms with Gasteiger partial charge >= 0.3 is 6.03 Å². The van der Waals surface area contributed by atoms with E-state index in [0.29, 0.717) is 18.8 Å². The lowest BCUT2D eigenvalue weighted by Crippen LogP contribution is -2.47. The van der Waals surface area contributed by atoms with Gasteiger partial charge in [0.1, 0.15) is 12.4 Å². The van der Waals surface area contributed by atoms with Crippen LogP contribution in [0.1, 0.15) is 24.3 Å². The quantitative estimate of drug-likeness (QED) is 0.391. The van der Waals surface area contributed by atoms with Crippen LogP contribution in [0.5, 0.6) is 0 Å². The zero-order chi connectivity index (χ0) is 23.1. The molecule has 8 heteroatoms. The number of hydrogen-bond acceptors (Lipinski definition) is 3. The van der Waals surface area contributed by atoms with Crippen LogP contribution in [-0.4, -0.2) is 34.3 Å². The highest BCUT2D eigenvalue weighted by Gasteiger charge is 2.24. The van der Waals surface area contributed by atoms with Gasteiger partial charge in [0, 0.05) is 27.6 Å². The molecule has 0 aliphatic rings. The van der Waals surface area contributed by atoms with Crippen molar-refractivity contribution >= 4 is 44.9 Å². The second-order valence-corrected chi connectivity index (χ2v) is 9.57. The molecule has 0 saturated carbocycles. The Morgan fingerprint density at radius 2 is 1.81 bits per heavy atom. The fourth-order valence-electron chi connectivity index (χ4n) is 3.13. The normalized spacial score (nSPS) is 10.8. The molecule has 3 rings (SSSR count). The second-order valence-electron chi connectivity index (χ2n) is 7.62. The third-order valence-corrected chi connectivity index (χ3v) is 6.19. The molecule has 1 aromatic heterocycles. The Kier molecular flexibility index (Phi) is 8.41. The number of nitrogens with one attached hydrogen (secondary N) is 1. The summed E-state index contributed by atoms with van der Waals surface area (Å²) in [5.41, 5.74) is 1.47. The molecule has 168 valence electrons. The van der Waals surface area contributed by atoms with Crippen LogP contribution in [-0.2, 0) is 17.9 Å². The molecule has 0 aliphatic carbocycles. The summed E-state index contributed by atoms with van der Waals surface area (Å²) in [7, 11) is 0. The highest BCUT2D eigenvalue weighted by molar-refractivity contribution is 9.10. The van der Waals surface area contributed by atoms with Gasteiger partial charge in [-0.3, -0.25) is 4.79 Å². The summed E-state index contributed by atoms with van der Waals surface area (Å²) in [4.78, 5) is 30.5. The van der Waals surface area contributed by atoms with Crippen molar-refractivity contribution in [3.63, 3.8) is 0 Å². The summed E-state index contributed by atoms with van der Waals surface area (Å²) in [5.74, 6) is -0.499. The molecule has 32 heavy (non-hydrogen) atoms. The van der Waals surface area contributed by atoms with E-state index in [0.717, 1.165) is 14.9 Å². The second kappa shape index (κ2) is 11.2. The molecule has 0 spiro atoms. The van der Waals surface area contributed by atoms with E-state index in [-0.39, 0.29) is 30.3 Å². The van der Waals surface area contributed by atoms with E-state index >= 15 is 0 Å². The molecule has 3 amide bonds. The van der Waals surface area contributed by atoms with Crippen LogP contribution >= 0.6 is 27.3 Å². The van der Waals surface area contributed by atoms with Crippen LogP contribution in [0.15, 0.2) is 70.5 Å². The third-order valence-electron chi connectivity index (χ3n) is 4.83. The minimum atomic E-state index is -0.343. The van der Waals surface area contributed by atoms with Crippen LogP contribution in [0.2, 0.25) is 0 Å². The lowest BCUT2D eigenvalue weighted by Gasteiger charge is -2.30. The van der Waals surface area contributed by atoms with Crippen molar-refractivity contribution in [2.24, 2.45) is 0 Å². The Labute approximate surface area is 200 Å². The number of hydrogen-bond donors (Lipinski definition) is 1. The average molecular weight is 518 g/mol. The maximum Gasteiger partial charge on any atom is 0.322 e. The fraction of sp³-hybridized carbons (Fsp3) is 0.250. The lowest BCUT2D eigenvalue weighted by molar-refractivity contribution is -0.133. The average Bonchev–Trinajstić information content (AvgIpc) is 3.26. The van der Waals surface area contributed by atoms with Crippen molar-refractivity contribution in [2.45, 2.75) is 33.0 Å². The van der Waals surface area contributed by atoms with Crippen molar-refractivity contribution < 1.29 is 14.0 Å². The number of nitrogens with zero attached hydrogens (tertiary/aromatic N) is 2. The molecule has 0 bridgehead atoms. The van der Waals surface area contributed by atoms with Gasteiger partial charge in [0.05, 0.1) is 6.54 Å². The van der Waals surface area contributed by atoms with Crippen LogP contribution in [0.4, 0.5) is 14.9 Å². The monoisotopic (exact) mass is 517 g/mol. The molecule has 0 aliphatic heterocycles. The molecular weight excluding hydrogens is 493 g/mol. The molecule has 5 nitrogen and oxygen atoms in total. The van der Waals surface area contributed by atoms with Crippen molar-refractivity contribution in [1.29, 1.82) is 0 Å². The number of carbonyl (C=O) groups excluding carboxylic acids is 2. The number of thiophene rings is 1. The third kappa shape index (κ3) is 6.90. The topological polar surface area (TPSA) is 52.7 Å². The highest BCUT2D eigenvalue weighted by Crippen LogP contribution is 2.18. The molecule has 0 atom stereocenters. The van der Waals surface area contributed by atoms with Crippen molar-refractivity contribution in [2.75, 3.05) is 11.9 Å². The van der Waals surface area contributed by atoms with Crippen LogP contribution in [0.3, 0.4) is 0 Å². The molecular formula is C24H25BrFN3O2S. The van der Waals surface area contributed by atoms with Crippen molar-refractivity contribution in [3.05, 3.63) is 86.8 Å². The van der Waals surface area contributed by atoms with E-state index in [1.165, 1.54) is 17.0 Å². The van der Waals surface area contributed by atoms with Crippen molar-refractivity contribution in [3.8, 4) is 0 Å². The van der Waals surface area contributed by atoms with Gasteiger partial charge in [0.2, 0.25) is 5.91 Å². The fourth-order valence-corrected chi connectivity index (χ4v) is 4.25. The zero-order valence-corrected chi connectivity index (χ0v) is 20.3. The number of amides is 3. The molecule has 0 radical (unpaired) electrons. The molecule has 0 fully saturated rings. The Balaban J connectivity index is 1.74. The molecule has 2 aromatic carbocycles. The Bertz CT molecular complexity index is 1040. The predicted octanol–water partition coefficient (Wildman–Crippen LogP) is 6.12. The van der Waals surface area contributed by atoms with E-state index in [9.17, 15) is 14.0 Å². The van der Waals surface area contributed by atoms with E-state index in [1.807, 2.05) is 43.5 Å². The van der Waals surface area contributed by atoms with Crippen LogP contribution < -0.4 is 5.32 Å². The Morgan fingerprint density at radius 3 is 2.44 bits per heavy atom. The number of halogens is 2. The number of anilines is 1. The molecule has 0 unspecified atom stereocenters. The zero-order valence-electron chi connectivity index (χ0n) is 17.9. The van der Waals surface area contributed by atoms with E-state index in [1.54, 1.807) is 40.5 Å². The summed E-state index contributed by atoms with van der Waals surface area (Å²) < 4.78 is 14.2. The maximum absolute atomic E-state index is 13.3. The van der Waals surface area contributed by atoms with E-state index in [2.05, 4.69) is 21.2 Å². The lowest BCUT2D eigenvalue weighted by atomic mass is 10.2. The van der Waals surface area contributed by atoms with Crippen molar-refractivity contribution in [1.82, 2.24) is 9.80 Å². The van der Waals surface area contributed by atoms with Gasteiger partial charge in [-0.15, -0.1) is 11.3 Å². The number of carbonyl (C=O) groups is 2. The van der Waals surface area contributed by atoms with Gasteiger partial charge in [0.15, 0.2) is 0 Å². The summed E-state index contributed by atoms with van der Waals surface area (Å²) in [6.07, 6.45) is 0. The molecule has 3 aromatic rings. The standard InChI is InChI=1S/C24H25BrFN3O2S/c1-17(2)29(24(31)27-21-6-3-5-19(25)13-21)16-23(30)28(15-22-7-4-12-32-22)14-18-8-10-20(26)11-9-18/h3-13,17H,14-16H2,1-2H3,(H,27,31). The van der Waals surface area contributed by atoms with Crippen LogP contribution in [0.25, 0.3) is 0 Å². The van der Waals surface area contributed by atoms with Crippen LogP contribution in [0, 0.1) is 5.82 Å². The molecule has 1 heterocycles. The number of rotatable bonds is 8. The smallest absolute Gasteiger partial charge is 0.322 e. The summed E-state index contributed by atoms with van der Waals surface area (Å²) in [6, 6.07) is 16.8. The molecule has 1 N–H and O–H groups in total. The van der Waals surface area contributed by atoms with Gasteiger partial charge in [-0.05, 0) is 61.2 Å². The summed E-state index contributed by atoms with van der Waals surface area (Å²) >= 11 is 4.96. The predicted molar refractivity (Wildman–Crippen MR) is 130 cm³/mol.